The molecule has 1 aliphatic heterocycles. The molecule has 0 bridgehead atoms. The minimum atomic E-state index is -0.159. The van der Waals surface area contributed by atoms with E-state index in [9.17, 15) is 9.59 Å². The first-order valence-electron chi connectivity index (χ1n) is 7.76. The van der Waals surface area contributed by atoms with E-state index in [1.54, 1.807) is 24.3 Å². The van der Waals surface area contributed by atoms with Crippen molar-refractivity contribution in [3.8, 4) is 6.07 Å². The smallest absolute Gasteiger partial charge is 0.223 e. The molecular weight excluding hydrogens is 294 g/mol. The van der Waals surface area contributed by atoms with Crippen LogP contribution >= 0.6 is 0 Å². The molecule has 1 fully saturated rings. The number of rotatable bonds is 5. The second-order valence-electron chi connectivity index (χ2n) is 5.48. The summed E-state index contributed by atoms with van der Waals surface area (Å²) in [5.74, 6) is -0.167. The maximum Gasteiger partial charge on any atom is 0.223 e. The molecule has 1 N–H and O–H groups in total. The van der Waals surface area contributed by atoms with Crippen molar-refractivity contribution in [1.82, 2.24) is 5.32 Å². The molecule has 2 rings (SSSR count). The number of para-hydroxylation sites is 1. The molecule has 6 nitrogen and oxygen atoms in total. The number of hydrogen-bond acceptors (Lipinski definition) is 4. The van der Waals surface area contributed by atoms with Crippen LogP contribution in [0, 0.1) is 17.2 Å². The van der Waals surface area contributed by atoms with Crippen LogP contribution in [0.15, 0.2) is 24.3 Å². The second-order valence-corrected chi connectivity index (χ2v) is 5.48. The third-order valence-corrected chi connectivity index (χ3v) is 3.92. The molecular formula is C17H21N3O3. The van der Waals surface area contributed by atoms with Crippen molar-refractivity contribution < 1.29 is 14.3 Å². The molecule has 6 heteroatoms. The number of nitrogens with zero attached hydrogens (tertiary/aromatic N) is 2. The summed E-state index contributed by atoms with van der Waals surface area (Å²) in [4.78, 5) is 25.5. The van der Waals surface area contributed by atoms with Gasteiger partial charge in [0, 0.05) is 39.1 Å². The third kappa shape index (κ3) is 4.54. The van der Waals surface area contributed by atoms with Gasteiger partial charge in [0.2, 0.25) is 11.8 Å². The number of nitrogens with one attached hydrogen (secondary N) is 1. The van der Waals surface area contributed by atoms with Crippen molar-refractivity contribution in [2.75, 3.05) is 31.2 Å². The zero-order chi connectivity index (χ0) is 16.7. The van der Waals surface area contributed by atoms with Gasteiger partial charge in [-0.1, -0.05) is 12.1 Å². The average molecular weight is 315 g/mol. The van der Waals surface area contributed by atoms with Gasteiger partial charge in [0.1, 0.15) is 6.07 Å². The lowest BCUT2D eigenvalue weighted by atomic mass is 9.99. The lowest BCUT2D eigenvalue weighted by molar-refractivity contribution is -0.127. The van der Waals surface area contributed by atoms with Gasteiger partial charge in [-0.2, -0.15) is 5.26 Å². The summed E-state index contributed by atoms with van der Waals surface area (Å²) in [6.07, 6.45) is 1.47. The number of ether oxygens (including phenoxy) is 1. The summed E-state index contributed by atoms with van der Waals surface area (Å²) in [5, 5.41) is 12.0. The fourth-order valence-electron chi connectivity index (χ4n) is 2.65. The van der Waals surface area contributed by atoms with E-state index in [-0.39, 0.29) is 17.7 Å². The van der Waals surface area contributed by atoms with Gasteiger partial charge in [0.05, 0.1) is 11.3 Å². The molecule has 0 aromatic heterocycles. The summed E-state index contributed by atoms with van der Waals surface area (Å²) in [6, 6.07) is 9.04. The fraction of sp³-hybridized carbons (Fsp3) is 0.471. The maximum absolute atomic E-state index is 12.1. The number of anilines is 1. The highest BCUT2D eigenvalue weighted by molar-refractivity contribution is 5.93. The predicted molar refractivity (Wildman–Crippen MR) is 85.7 cm³/mol. The molecule has 0 aliphatic carbocycles. The van der Waals surface area contributed by atoms with Crippen LogP contribution in [0.1, 0.15) is 25.3 Å². The Morgan fingerprint density at radius 1 is 1.35 bits per heavy atom. The Morgan fingerprint density at radius 2 is 2.04 bits per heavy atom. The summed E-state index contributed by atoms with van der Waals surface area (Å²) < 4.78 is 5.24. The maximum atomic E-state index is 12.1. The first kappa shape index (κ1) is 17.0. The Labute approximate surface area is 136 Å². The molecule has 1 saturated heterocycles. The Balaban J connectivity index is 1.94. The largest absolute Gasteiger partial charge is 0.381 e. The number of hydrogen-bond donors (Lipinski definition) is 1. The quantitative estimate of drug-likeness (QED) is 0.891. The third-order valence-electron chi connectivity index (χ3n) is 3.92. The molecule has 2 amide bonds. The number of benzene rings is 1. The molecule has 1 aromatic rings. The number of nitriles is 1. The minimum absolute atomic E-state index is 0.00497. The van der Waals surface area contributed by atoms with Crippen molar-refractivity contribution in [3.63, 3.8) is 0 Å². The number of carbonyl (C=O) groups excluding carboxylic acids is 2. The van der Waals surface area contributed by atoms with Crippen LogP contribution in [0.4, 0.5) is 5.69 Å². The van der Waals surface area contributed by atoms with Crippen LogP contribution in [0.25, 0.3) is 0 Å². The van der Waals surface area contributed by atoms with Gasteiger partial charge in [-0.3, -0.25) is 9.59 Å². The van der Waals surface area contributed by atoms with Crippen LogP contribution in [-0.4, -0.2) is 38.1 Å². The highest BCUT2D eigenvalue weighted by atomic mass is 16.5. The SMILES string of the molecule is CC(=O)N(CCNC(=O)C1CCOCC1)c1ccccc1C#N. The van der Waals surface area contributed by atoms with Gasteiger partial charge < -0.3 is 15.0 Å². The van der Waals surface area contributed by atoms with Gasteiger partial charge in [0.15, 0.2) is 0 Å². The second kappa shape index (κ2) is 8.30. The first-order valence-corrected chi connectivity index (χ1v) is 7.76. The first-order chi connectivity index (χ1) is 11.1. The van der Waals surface area contributed by atoms with E-state index in [2.05, 4.69) is 11.4 Å². The Kier molecular flexibility index (Phi) is 6.12. The molecule has 122 valence electrons. The van der Waals surface area contributed by atoms with Gasteiger partial charge in [0.25, 0.3) is 0 Å². The van der Waals surface area contributed by atoms with Gasteiger partial charge >= 0.3 is 0 Å². The number of carbonyl (C=O) groups is 2. The Hall–Kier alpha value is -2.39. The predicted octanol–water partition coefficient (Wildman–Crippen LogP) is 1.45. The van der Waals surface area contributed by atoms with E-state index in [1.165, 1.54) is 11.8 Å². The Morgan fingerprint density at radius 3 is 2.70 bits per heavy atom. The van der Waals surface area contributed by atoms with Crippen LogP contribution in [-0.2, 0) is 14.3 Å². The van der Waals surface area contributed by atoms with E-state index in [1.807, 2.05) is 0 Å². The van der Waals surface area contributed by atoms with Crippen molar-refractivity contribution in [2.24, 2.45) is 5.92 Å². The van der Waals surface area contributed by atoms with Crippen molar-refractivity contribution >= 4 is 17.5 Å². The summed E-state index contributed by atoms with van der Waals surface area (Å²) in [6.45, 7) is 3.38. The molecule has 0 spiro atoms. The van der Waals surface area contributed by atoms with E-state index >= 15 is 0 Å². The average Bonchev–Trinajstić information content (AvgIpc) is 2.59. The standard InChI is InChI=1S/C17H21N3O3/c1-13(21)20(16-5-3-2-4-15(16)12-18)9-8-19-17(22)14-6-10-23-11-7-14/h2-5,14H,6-11H2,1H3,(H,19,22). The van der Waals surface area contributed by atoms with Gasteiger partial charge in [-0.15, -0.1) is 0 Å². The Bertz CT molecular complexity index is 603. The summed E-state index contributed by atoms with van der Waals surface area (Å²) >= 11 is 0. The molecule has 0 saturated carbocycles. The van der Waals surface area contributed by atoms with E-state index in [0.717, 1.165) is 12.8 Å². The van der Waals surface area contributed by atoms with Crippen molar-refractivity contribution in [1.29, 1.82) is 5.26 Å². The topological polar surface area (TPSA) is 82.4 Å². The van der Waals surface area contributed by atoms with Crippen LogP contribution < -0.4 is 10.2 Å². The zero-order valence-corrected chi connectivity index (χ0v) is 13.2. The number of amides is 2. The fourth-order valence-corrected chi connectivity index (χ4v) is 2.65. The molecule has 0 atom stereocenters. The molecule has 0 unspecified atom stereocenters. The molecule has 1 heterocycles. The van der Waals surface area contributed by atoms with E-state index in [0.29, 0.717) is 37.6 Å². The minimum Gasteiger partial charge on any atom is -0.381 e. The van der Waals surface area contributed by atoms with Crippen LogP contribution in [0.5, 0.6) is 0 Å². The molecule has 1 aromatic carbocycles. The lowest BCUT2D eigenvalue weighted by Crippen LogP contribution is -2.41. The highest BCUT2D eigenvalue weighted by Gasteiger charge is 2.22. The van der Waals surface area contributed by atoms with E-state index < -0.39 is 0 Å². The van der Waals surface area contributed by atoms with Gasteiger partial charge in [-0.05, 0) is 25.0 Å². The van der Waals surface area contributed by atoms with Crippen LogP contribution in [0.3, 0.4) is 0 Å². The summed E-state index contributed by atoms with van der Waals surface area (Å²) in [5.41, 5.74) is 1.02. The van der Waals surface area contributed by atoms with Crippen molar-refractivity contribution in [3.05, 3.63) is 29.8 Å². The molecule has 0 radical (unpaired) electrons. The molecule has 23 heavy (non-hydrogen) atoms. The highest BCUT2D eigenvalue weighted by Crippen LogP contribution is 2.19. The van der Waals surface area contributed by atoms with E-state index in [4.69, 9.17) is 10.00 Å². The monoisotopic (exact) mass is 315 g/mol. The normalized spacial score (nSPS) is 14.8. The van der Waals surface area contributed by atoms with Crippen LogP contribution in [0.2, 0.25) is 0 Å². The molecule has 1 aliphatic rings. The zero-order valence-electron chi connectivity index (χ0n) is 13.2. The lowest BCUT2D eigenvalue weighted by Gasteiger charge is -2.24. The summed E-state index contributed by atoms with van der Waals surface area (Å²) in [7, 11) is 0. The van der Waals surface area contributed by atoms with Gasteiger partial charge in [-0.25, -0.2) is 0 Å². The van der Waals surface area contributed by atoms with Crippen molar-refractivity contribution in [2.45, 2.75) is 19.8 Å².